The smallest absolute Gasteiger partial charge is 0.251 e. The van der Waals surface area contributed by atoms with Gasteiger partial charge in [0.15, 0.2) is 0 Å². The quantitative estimate of drug-likeness (QED) is 0.460. The molecular formula is C32H35N3O3. The van der Waals surface area contributed by atoms with Crippen molar-refractivity contribution in [2.75, 3.05) is 19.0 Å². The van der Waals surface area contributed by atoms with E-state index in [1.54, 1.807) is 7.11 Å². The molecule has 5 atom stereocenters. The van der Waals surface area contributed by atoms with Crippen LogP contribution in [0, 0.1) is 11.8 Å². The molecule has 0 spiro atoms. The Morgan fingerprint density at radius 1 is 0.921 bits per heavy atom. The SMILES string of the molecule is COc1ccc2c(c1)N[C@@H](c1ccccc1)[C@H]1CCN(C(=O)[C@H]3CCCC[C@H]3NC(=O)c3ccccc3)[C@@H]21. The van der Waals surface area contributed by atoms with Gasteiger partial charge in [-0.25, -0.2) is 0 Å². The van der Waals surface area contributed by atoms with Crippen LogP contribution in [0.3, 0.4) is 0 Å². The molecule has 0 bridgehead atoms. The molecule has 6 heteroatoms. The Bertz CT molecular complexity index is 1300. The molecule has 0 radical (unpaired) electrons. The van der Waals surface area contributed by atoms with Crippen molar-refractivity contribution in [2.24, 2.45) is 11.8 Å². The molecule has 3 aromatic carbocycles. The van der Waals surface area contributed by atoms with Crippen molar-refractivity contribution in [2.45, 2.75) is 50.2 Å². The zero-order chi connectivity index (χ0) is 26.1. The number of benzene rings is 3. The van der Waals surface area contributed by atoms with Gasteiger partial charge in [-0.1, -0.05) is 67.4 Å². The number of nitrogens with one attached hydrogen (secondary N) is 2. The van der Waals surface area contributed by atoms with Crippen LogP contribution in [-0.4, -0.2) is 36.4 Å². The molecule has 2 amide bonds. The highest BCUT2D eigenvalue weighted by Gasteiger charge is 2.48. The number of methoxy groups -OCH3 is 1. The van der Waals surface area contributed by atoms with E-state index in [9.17, 15) is 9.59 Å². The van der Waals surface area contributed by atoms with Crippen LogP contribution < -0.4 is 15.4 Å². The summed E-state index contributed by atoms with van der Waals surface area (Å²) >= 11 is 0. The first kappa shape index (κ1) is 24.5. The Labute approximate surface area is 224 Å². The summed E-state index contributed by atoms with van der Waals surface area (Å²) in [7, 11) is 1.68. The van der Waals surface area contributed by atoms with Crippen LogP contribution in [0.2, 0.25) is 0 Å². The van der Waals surface area contributed by atoms with Gasteiger partial charge in [-0.2, -0.15) is 0 Å². The molecule has 1 saturated heterocycles. The van der Waals surface area contributed by atoms with Crippen molar-refractivity contribution in [1.29, 1.82) is 0 Å². The number of nitrogens with zero attached hydrogens (tertiary/aromatic N) is 1. The average molecular weight is 510 g/mol. The number of rotatable bonds is 5. The first-order valence-electron chi connectivity index (χ1n) is 13.8. The molecule has 38 heavy (non-hydrogen) atoms. The monoisotopic (exact) mass is 509 g/mol. The van der Waals surface area contributed by atoms with Gasteiger partial charge in [0, 0.05) is 35.8 Å². The highest BCUT2D eigenvalue weighted by Crippen LogP contribution is 2.52. The Balaban J connectivity index is 1.30. The fraction of sp³-hybridized carbons (Fsp3) is 0.375. The Hall–Kier alpha value is -3.80. The summed E-state index contributed by atoms with van der Waals surface area (Å²) in [6.07, 6.45) is 4.61. The van der Waals surface area contributed by atoms with Gasteiger partial charge in [-0.3, -0.25) is 9.59 Å². The van der Waals surface area contributed by atoms with E-state index >= 15 is 0 Å². The van der Waals surface area contributed by atoms with Crippen LogP contribution in [0.5, 0.6) is 5.75 Å². The van der Waals surface area contributed by atoms with E-state index in [-0.39, 0.29) is 41.8 Å². The summed E-state index contributed by atoms with van der Waals surface area (Å²) in [5.41, 5.74) is 4.04. The molecule has 2 heterocycles. The minimum Gasteiger partial charge on any atom is -0.497 e. The normalized spacial score (nSPS) is 26.0. The van der Waals surface area contributed by atoms with E-state index in [1.807, 2.05) is 48.5 Å². The van der Waals surface area contributed by atoms with Gasteiger partial charge in [-0.15, -0.1) is 0 Å². The molecule has 6 nitrogen and oxygen atoms in total. The topological polar surface area (TPSA) is 70.7 Å². The van der Waals surface area contributed by atoms with Crippen LogP contribution in [-0.2, 0) is 4.79 Å². The lowest BCUT2D eigenvalue weighted by Crippen LogP contribution is -2.50. The lowest BCUT2D eigenvalue weighted by Gasteiger charge is -2.42. The summed E-state index contributed by atoms with van der Waals surface area (Å²) in [5.74, 6) is 0.933. The minimum atomic E-state index is -0.207. The van der Waals surface area contributed by atoms with Crippen molar-refractivity contribution >= 4 is 17.5 Å². The fourth-order valence-electron chi connectivity index (χ4n) is 6.78. The number of carbonyl (C=O) groups is 2. The molecule has 3 aliphatic rings. The number of ether oxygens (including phenoxy) is 1. The van der Waals surface area contributed by atoms with Gasteiger partial charge in [0.05, 0.1) is 25.1 Å². The van der Waals surface area contributed by atoms with E-state index in [0.717, 1.165) is 55.6 Å². The zero-order valence-corrected chi connectivity index (χ0v) is 21.8. The lowest BCUT2D eigenvalue weighted by atomic mass is 9.79. The van der Waals surface area contributed by atoms with E-state index in [1.165, 1.54) is 5.56 Å². The van der Waals surface area contributed by atoms with Crippen molar-refractivity contribution < 1.29 is 14.3 Å². The number of hydrogen-bond donors (Lipinski definition) is 2. The number of anilines is 1. The minimum absolute atomic E-state index is 0.0118. The van der Waals surface area contributed by atoms with Gasteiger partial charge < -0.3 is 20.3 Å². The molecule has 2 fully saturated rings. The van der Waals surface area contributed by atoms with Crippen LogP contribution in [0.25, 0.3) is 0 Å². The molecule has 196 valence electrons. The summed E-state index contributed by atoms with van der Waals surface area (Å²) in [6.45, 7) is 0.723. The maximum absolute atomic E-state index is 14.3. The van der Waals surface area contributed by atoms with Crippen molar-refractivity contribution in [1.82, 2.24) is 10.2 Å². The molecule has 6 rings (SSSR count). The first-order chi connectivity index (χ1) is 18.6. The van der Waals surface area contributed by atoms with E-state index in [0.29, 0.717) is 5.56 Å². The number of likely N-dealkylation sites (tertiary alicyclic amines) is 1. The summed E-state index contributed by atoms with van der Waals surface area (Å²) < 4.78 is 5.53. The molecule has 1 saturated carbocycles. The number of carbonyl (C=O) groups excluding carboxylic acids is 2. The number of amides is 2. The predicted molar refractivity (Wildman–Crippen MR) is 148 cm³/mol. The third-order valence-corrected chi connectivity index (χ3v) is 8.64. The highest BCUT2D eigenvalue weighted by molar-refractivity contribution is 5.95. The first-order valence-corrected chi connectivity index (χ1v) is 13.8. The summed E-state index contributed by atoms with van der Waals surface area (Å²) in [4.78, 5) is 29.4. The Morgan fingerprint density at radius 3 is 2.42 bits per heavy atom. The van der Waals surface area contributed by atoms with Crippen LogP contribution in [0.4, 0.5) is 5.69 Å². The van der Waals surface area contributed by atoms with Crippen molar-refractivity contribution in [3.63, 3.8) is 0 Å². The van der Waals surface area contributed by atoms with Crippen LogP contribution in [0.1, 0.15) is 65.7 Å². The third-order valence-electron chi connectivity index (χ3n) is 8.64. The largest absolute Gasteiger partial charge is 0.497 e. The van der Waals surface area contributed by atoms with Gasteiger partial charge in [0.25, 0.3) is 5.91 Å². The van der Waals surface area contributed by atoms with E-state index in [4.69, 9.17) is 4.74 Å². The zero-order valence-electron chi connectivity index (χ0n) is 21.8. The van der Waals surface area contributed by atoms with E-state index < -0.39 is 0 Å². The second-order valence-corrected chi connectivity index (χ2v) is 10.8. The maximum Gasteiger partial charge on any atom is 0.251 e. The van der Waals surface area contributed by atoms with Gasteiger partial charge in [0.1, 0.15) is 5.75 Å². The van der Waals surface area contributed by atoms with Crippen LogP contribution in [0.15, 0.2) is 78.9 Å². The van der Waals surface area contributed by atoms with Crippen molar-refractivity contribution in [3.05, 3.63) is 95.6 Å². The third kappa shape index (κ3) is 4.53. The molecule has 2 N–H and O–H groups in total. The van der Waals surface area contributed by atoms with E-state index in [2.05, 4.69) is 45.9 Å². The molecular weight excluding hydrogens is 474 g/mol. The molecule has 2 aliphatic heterocycles. The second kappa shape index (κ2) is 10.5. The second-order valence-electron chi connectivity index (χ2n) is 10.8. The Morgan fingerprint density at radius 2 is 1.66 bits per heavy atom. The fourth-order valence-corrected chi connectivity index (χ4v) is 6.78. The average Bonchev–Trinajstić information content (AvgIpc) is 3.43. The predicted octanol–water partition coefficient (Wildman–Crippen LogP) is 5.74. The maximum atomic E-state index is 14.3. The molecule has 0 unspecified atom stereocenters. The van der Waals surface area contributed by atoms with Crippen LogP contribution >= 0.6 is 0 Å². The number of hydrogen-bond acceptors (Lipinski definition) is 4. The van der Waals surface area contributed by atoms with Crippen molar-refractivity contribution in [3.8, 4) is 5.75 Å². The molecule has 1 aliphatic carbocycles. The summed E-state index contributed by atoms with van der Waals surface area (Å²) in [6, 6.07) is 25.9. The lowest BCUT2D eigenvalue weighted by molar-refractivity contribution is -0.138. The molecule has 0 aromatic heterocycles. The van der Waals surface area contributed by atoms with Gasteiger partial charge in [-0.05, 0) is 48.6 Å². The number of fused-ring (bicyclic) bond motifs is 3. The van der Waals surface area contributed by atoms with Gasteiger partial charge in [0.2, 0.25) is 5.91 Å². The Kier molecular flexibility index (Phi) is 6.79. The highest BCUT2D eigenvalue weighted by atomic mass is 16.5. The summed E-state index contributed by atoms with van der Waals surface area (Å²) in [5, 5.41) is 6.99. The molecule has 3 aromatic rings. The standard InChI is InChI=1S/C32H35N3O3/c1-38-23-16-17-24-28(20-23)33-29(21-10-4-2-5-11-21)26-18-19-35(30(24)26)32(37)25-14-8-9-15-27(25)34-31(36)22-12-6-3-7-13-22/h2-7,10-13,16-17,20,25-27,29-30,33H,8-9,14-15,18-19H2,1H3,(H,34,36)/t25-,26+,27+,29-,30-/m0/s1. The van der Waals surface area contributed by atoms with Gasteiger partial charge >= 0.3 is 0 Å².